The van der Waals surface area contributed by atoms with Gasteiger partial charge in [0.2, 0.25) is 0 Å². The summed E-state index contributed by atoms with van der Waals surface area (Å²) in [7, 11) is 0. The van der Waals surface area contributed by atoms with Gasteiger partial charge in [0.05, 0.1) is 12.5 Å². The molecule has 0 aromatic heterocycles. The largest absolute Gasteiger partial charge is 0.466 e. The van der Waals surface area contributed by atoms with Crippen molar-refractivity contribution in [2.24, 2.45) is 5.92 Å². The Labute approximate surface area is 164 Å². The predicted octanol–water partition coefficient (Wildman–Crippen LogP) is 2.33. The number of ether oxygens (including phenoxy) is 2. The summed E-state index contributed by atoms with van der Waals surface area (Å²) in [5, 5.41) is 20.1. The van der Waals surface area contributed by atoms with Crippen LogP contribution in [-0.4, -0.2) is 61.1 Å². The van der Waals surface area contributed by atoms with Gasteiger partial charge in [-0.3, -0.25) is 14.3 Å². The van der Waals surface area contributed by atoms with Crippen molar-refractivity contribution in [1.29, 1.82) is 0 Å². The molecule has 156 valence electrons. The lowest BCUT2D eigenvalue weighted by Gasteiger charge is -2.60. The van der Waals surface area contributed by atoms with Gasteiger partial charge in [-0.2, -0.15) is 26.3 Å². The third-order valence-electron chi connectivity index (χ3n) is 4.53. The van der Waals surface area contributed by atoms with Gasteiger partial charge in [-0.1, -0.05) is 31.9 Å². The second kappa shape index (κ2) is 6.28. The summed E-state index contributed by atoms with van der Waals surface area (Å²) in [6.45, 7) is 1.11. The molecule has 0 aromatic rings. The molecule has 1 heterocycles. The van der Waals surface area contributed by atoms with Crippen LogP contribution in [0.25, 0.3) is 0 Å². The van der Waals surface area contributed by atoms with Gasteiger partial charge in [-0.15, -0.1) is 0 Å². The van der Waals surface area contributed by atoms with Gasteiger partial charge in [0.15, 0.2) is 5.78 Å². The van der Waals surface area contributed by atoms with E-state index in [2.05, 4.69) is 41.3 Å². The summed E-state index contributed by atoms with van der Waals surface area (Å²) < 4.78 is 83.0. The van der Waals surface area contributed by atoms with Gasteiger partial charge in [0.25, 0.3) is 11.6 Å². The van der Waals surface area contributed by atoms with E-state index in [1.807, 2.05) is 0 Å². The lowest BCUT2D eigenvalue weighted by molar-refractivity contribution is -0.490. The van der Waals surface area contributed by atoms with Crippen LogP contribution in [0.4, 0.5) is 26.3 Å². The highest BCUT2D eigenvalue weighted by Crippen LogP contribution is 2.65. The molecule has 1 aliphatic carbocycles. The molecule has 2 aliphatic rings. The maximum atomic E-state index is 13.5. The first-order chi connectivity index (χ1) is 11.9. The van der Waals surface area contributed by atoms with Crippen LogP contribution in [0.15, 0.2) is 0 Å². The Bertz CT molecular complexity index is 627. The number of hydrogen-bond acceptors (Lipinski definition) is 6. The molecule has 4 unspecified atom stereocenters. The summed E-state index contributed by atoms with van der Waals surface area (Å²) >= 11 is 4.73. The van der Waals surface area contributed by atoms with Crippen molar-refractivity contribution < 1.29 is 55.6 Å². The number of carbonyl (C=O) groups excluding carboxylic acids is 2. The standard InChI is InChI=1S/C13H12Br2F6O6/c1-2-26-6(22)5-3-8(14)7(23)9(15,4-5)11(25,13(19,20)21)27-10(8,24)12(16,17)18/h5,24-25H,2-4H2,1H3. The first kappa shape index (κ1) is 22.8. The van der Waals surface area contributed by atoms with E-state index in [-0.39, 0.29) is 6.61 Å². The molecule has 6 nitrogen and oxygen atoms in total. The normalized spacial score (nSPS) is 42.8. The highest BCUT2D eigenvalue weighted by molar-refractivity contribution is 9.11. The maximum absolute atomic E-state index is 13.5. The van der Waals surface area contributed by atoms with E-state index in [0.29, 0.717) is 0 Å². The van der Waals surface area contributed by atoms with Crippen molar-refractivity contribution >= 4 is 43.6 Å². The van der Waals surface area contributed by atoms with Crippen LogP contribution in [0.3, 0.4) is 0 Å². The highest BCUT2D eigenvalue weighted by atomic mass is 79.9. The minimum atomic E-state index is -5.95. The monoisotopic (exact) mass is 536 g/mol. The first-order valence-corrected chi connectivity index (χ1v) is 8.87. The zero-order valence-corrected chi connectivity index (χ0v) is 16.4. The Morgan fingerprint density at radius 2 is 1.48 bits per heavy atom. The molecule has 0 amide bonds. The number of ketones is 1. The van der Waals surface area contributed by atoms with Crippen LogP contribution in [0, 0.1) is 5.92 Å². The maximum Gasteiger partial charge on any atom is 0.445 e. The number of rotatable bonds is 2. The molecule has 2 bridgehead atoms. The number of esters is 1. The Balaban J connectivity index is 2.77. The SMILES string of the molecule is CCOC(=O)C1CC2(Br)C(=O)C(Br)(C1)C(O)(C(F)(F)F)OC2(O)C(F)(F)F. The van der Waals surface area contributed by atoms with Gasteiger partial charge in [0, 0.05) is 0 Å². The van der Waals surface area contributed by atoms with Gasteiger partial charge >= 0.3 is 18.3 Å². The number of fused-ring (bicyclic) bond motifs is 2. The zero-order valence-electron chi connectivity index (χ0n) is 13.2. The molecule has 0 radical (unpaired) electrons. The van der Waals surface area contributed by atoms with Crippen molar-refractivity contribution in [2.45, 2.75) is 52.3 Å². The summed E-state index contributed by atoms with van der Waals surface area (Å²) in [6.07, 6.45) is -14.1. The summed E-state index contributed by atoms with van der Waals surface area (Å²) in [5.74, 6) is -14.4. The fraction of sp³-hybridized carbons (Fsp3) is 0.846. The summed E-state index contributed by atoms with van der Waals surface area (Å²) in [5.41, 5.74) is 0. The Morgan fingerprint density at radius 1 is 1.11 bits per heavy atom. The topological polar surface area (TPSA) is 93.1 Å². The molecule has 2 fully saturated rings. The quantitative estimate of drug-likeness (QED) is 0.319. The van der Waals surface area contributed by atoms with E-state index in [1.54, 1.807) is 0 Å². The number of Topliss-reactive ketones (excluding diaryl/α,β-unsaturated/α-hetero) is 1. The van der Waals surface area contributed by atoms with Gasteiger partial charge < -0.3 is 14.9 Å². The van der Waals surface area contributed by atoms with Crippen molar-refractivity contribution in [3.8, 4) is 0 Å². The molecule has 4 atom stereocenters. The van der Waals surface area contributed by atoms with E-state index in [0.717, 1.165) is 0 Å². The summed E-state index contributed by atoms with van der Waals surface area (Å²) in [4.78, 5) is 24.7. The molecule has 27 heavy (non-hydrogen) atoms. The molecule has 2 rings (SSSR count). The lowest BCUT2D eigenvalue weighted by atomic mass is 9.65. The Hall–Kier alpha value is -0.440. The number of hydrogen-bond donors (Lipinski definition) is 2. The Morgan fingerprint density at radius 3 is 1.78 bits per heavy atom. The van der Waals surface area contributed by atoms with Gasteiger partial charge in [-0.25, -0.2) is 0 Å². The minimum Gasteiger partial charge on any atom is -0.466 e. The molecule has 0 spiro atoms. The van der Waals surface area contributed by atoms with Crippen molar-refractivity contribution in [3.05, 3.63) is 0 Å². The minimum absolute atomic E-state index is 0.239. The van der Waals surface area contributed by atoms with Crippen LogP contribution in [0.2, 0.25) is 0 Å². The second-order valence-electron chi connectivity index (χ2n) is 6.17. The third kappa shape index (κ3) is 2.85. The predicted molar refractivity (Wildman–Crippen MR) is 80.8 cm³/mol. The molecule has 0 aromatic carbocycles. The lowest BCUT2D eigenvalue weighted by Crippen LogP contribution is -2.84. The molecule has 1 saturated carbocycles. The number of halogens is 8. The molecular formula is C13H12Br2F6O6. The average Bonchev–Trinajstić information content (AvgIpc) is 2.48. The molecule has 1 saturated heterocycles. The Kier molecular flexibility index (Phi) is 5.31. The summed E-state index contributed by atoms with van der Waals surface area (Å²) in [6, 6.07) is 0. The number of aliphatic hydroxyl groups is 2. The van der Waals surface area contributed by atoms with E-state index < -0.39 is 63.1 Å². The number of alkyl halides is 8. The van der Waals surface area contributed by atoms with E-state index in [1.165, 1.54) is 6.92 Å². The van der Waals surface area contributed by atoms with Crippen molar-refractivity contribution in [2.75, 3.05) is 6.61 Å². The molecular weight excluding hydrogens is 526 g/mol. The molecule has 1 aliphatic heterocycles. The van der Waals surface area contributed by atoms with Crippen LogP contribution >= 0.6 is 31.9 Å². The number of carbonyl (C=O) groups is 2. The van der Waals surface area contributed by atoms with Crippen molar-refractivity contribution in [3.63, 3.8) is 0 Å². The third-order valence-corrected chi connectivity index (χ3v) is 6.98. The van der Waals surface area contributed by atoms with E-state index in [4.69, 9.17) is 0 Å². The van der Waals surface area contributed by atoms with Crippen LogP contribution in [0.1, 0.15) is 19.8 Å². The van der Waals surface area contributed by atoms with Crippen LogP contribution in [0.5, 0.6) is 0 Å². The second-order valence-corrected chi connectivity index (χ2v) is 8.88. The van der Waals surface area contributed by atoms with E-state index >= 15 is 0 Å². The fourth-order valence-electron chi connectivity index (χ4n) is 3.20. The van der Waals surface area contributed by atoms with Gasteiger partial charge in [-0.05, 0) is 19.8 Å². The molecule has 14 heteroatoms. The zero-order chi connectivity index (χ0) is 21.3. The fourth-order valence-corrected chi connectivity index (χ4v) is 5.54. The van der Waals surface area contributed by atoms with Gasteiger partial charge in [0.1, 0.15) is 8.65 Å². The highest BCUT2D eigenvalue weighted by Gasteiger charge is 2.87. The van der Waals surface area contributed by atoms with Crippen molar-refractivity contribution in [1.82, 2.24) is 0 Å². The molecule has 2 N–H and O–H groups in total. The smallest absolute Gasteiger partial charge is 0.445 e. The van der Waals surface area contributed by atoms with Crippen LogP contribution < -0.4 is 0 Å². The first-order valence-electron chi connectivity index (χ1n) is 7.29. The van der Waals surface area contributed by atoms with E-state index in [9.17, 15) is 46.1 Å². The average molecular weight is 538 g/mol. The van der Waals surface area contributed by atoms with Crippen LogP contribution in [-0.2, 0) is 19.1 Å².